The highest BCUT2D eigenvalue weighted by Gasteiger charge is 2.31. The van der Waals surface area contributed by atoms with Gasteiger partial charge in [-0.3, -0.25) is 4.72 Å². The Labute approximate surface area is 163 Å². The van der Waals surface area contributed by atoms with Crippen molar-refractivity contribution in [3.05, 3.63) is 65.7 Å². The number of aromatic nitrogens is 3. The van der Waals surface area contributed by atoms with Gasteiger partial charge in [-0.25, -0.2) is 13.1 Å². The second-order valence-electron chi connectivity index (χ2n) is 6.71. The van der Waals surface area contributed by atoms with E-state index < -0.39 is 10.0 Å². The molecule has 2 N–H and O–H groups in total. The van der Waals surface area contributed by atoms with Gasteiger partial charge < -0.3 is 10.1 Å². The highest BCUT2D eigenvalue weighted by atomic mass is 32.2. The number of hydrogen-bond donors (Lipinski definition) is 2. The topological polar surface area (TPSA) is 98.1 Å². The number of ether oxygens (including phenoxy) is 1. The Morgan fingerprint density at radius 3 is 2.46 bits per heavy atom. The van der Waals surface area contributed by atoms with Crippen LogP contribution in [-0.4, -0.2) is 36.5 Å². The van der Waals surface area contributed by atoms with Gasteiger partial charge in [0.2, 0.25) is 16.0 Å². The van der Waals surface area contributed by atoms with Crippen LogP contribution in [0.25, 0.3) is 0 Å². The maximum Gasteiger partial charge on any atom is 0.257 e. The molecule has 0 saturated heterocycles. The summed E-state index contributed by atoms with van der Waals surface area (Å²) in [6.07, 6.45) is 1.82. The molecule has 0 bridgehead atoms. The van der Waals surface area contributed by atoms with E-state index in [2.05, 4.69) is 32.3 Å². The molecule has 0 saturated carbocycles. The van der Waals surface area contributed by atoms with E-state index in [4.69, 9.17) is 4.74 Å². The van der Waals surface area contributed by atoms with E-state index in [0.717, 1.165) is 29.6 Å². The maximum absolute atomic E-state index is 11.6. The minimum Gasteiger partial charge on any atom is -0.497 e. The second kappa shape index (κ2) is 7.16. The molecule has 8 nitrogen and oxygen atoms in total. The van der Waals surface area contributed by atoms with Crippen LogP contribution in [0.5, 0.6) is 5.75 Å². The third kappa shape index (κ3) is 3.79. The minimum absolute atomic E-state index is 0.0242. The Bertz CT molecular complexity index is 1060. The minimum atomic E-state index is -3.47. The normalized spacial score (nSPS) is 18.8. The summed E-state index contributed by atoms with van der Waals surface area (Å²) in [4.78, 5) is 4.35. The van der Waals surface area contributed by atoms with Gasteiger partial charge in [0.1, 0.15) is 5.75 Å². The monoisotopic (exact) mass is 399 g/mol. The summed E-state index contributed by atoms with van der Waals surface area (Å²) in [5, 5.41) is 7.76. The molecule has 28 heavy (non-hydrogen) atoms. The first kappa shape index (κ1) is 18.3. The summed E-state index contributed by atoms with van der Waals surface area (Å²) in [6, 6.07) is 17.8. The average molecular weight is 399 g/mol. The molecule has 0 fully saturated rings. The molecule has 0 aliphatic carbocycles. The molecule has 0 unspecified atom stereocenters. The third-order valence-electron chi connectivity index (χ3n) is 4.67. The van der Waals surface area contributed by atoms with E-state index in [1.165, 1.54) is 0 Å². The summed E-state index contributed by atoms with van der Waals surface area (Å²) >= 11 is 0. The van der Waals surface area contributed by atoms with Gasteiger partial charge in [0, 0.05) is 0 Å². The molecule has 9 heteroatoms. The lowest BCUT2D eigenvalue weighted by Crippen LogP contribution is -2.28. The fourth-order valence-corrected chi connectivity index (χ4v) is 3.81. The number of fused-ring (bicyclic) bond motifs is 1. The van der Waals surface area contributed by atoms with Gasteiger partial charge in [-0.05, 0) is 29.7 Å². The molecule has 0 spiro atoms. The number of sulfonamides is 1. The number of anilines is 2. The van der Waals surface area contributed by atoms with Crippen LogP contribution >= 0.6 is 0 Å². The second-order valence-corrected chi connectivity index (χ2v) is 8.46. The zero-order valence-corrected chi connectivity index (χ0v) is 16.3. The summed E-state index contributed by atoms with van der Waals surface area (Å²) in [5.74, 6) is 1.35. The van der Waals surface area contributed by atoms with Gasteiger partial charge in [-0.1, -0.05) is 42.5 Å². The Morgan fingerprint density at radius 1 is 1.11 bits per heavy atom. The van der Waals surface area contributed by atoms with Crippen LogP contribution in [0.15, 0.2) is 54.6 Å². The first-order valence-corrected chi connectivity index (χ1v) is 10.7. The SMILES string of the molecule is COc1ccc([C@@H]2C[C@@H](c3ccccc3)Nc3nc(NS(C)(=O)=O)nn32)cc1. The highest BCUT2D eigenvalue weighted by molar-refractivity contribution is 7.91. The molecule has 0 radical (unpaired) electrons. The number of methoxy groups -OCH3 is 1. The van der Waals surface area contributed by atoms with Gasteiger partial charge in [0.25, 0.3) is 5.95 Å². The highest BCUT2D eigenvalue weighted by Crippen LogP contribution is 2.38. The average Bonchev–Trinajstić information content (AvgIpc) is 3.08. The van der Waals surface area contributed by atoms with Crippen LogP contribution in [0, 0.1) is 0 Å². The van der Waals surface area contributed by atoms with Gasteiger partial charge in [0.15, 0.2) is 0 Å². The number of benzene rings is 2. The van der Waals surface area contributed by atoms with Crippen molar-refractivity contribution in [2.45, 2.75) is 18.5 Å². The zero-order valence-electron chi connectivity index (χ0n) is 15.5. The molecule has 2 atom stereocenters. The van der Waals surface area contributed by atoms with Gasteiger partial charge in [-0.2, -0.15) is 4.98 Å². The zero-order chi connectivity index (χ0) is 19.7. The van der Waals surface area contributed by atoms with E-state index in [0.29, 0.717) is 5.95 Å². The summed E-state index contributed by atoms with van der Waals surface area (Å²) in [6.45, 7) is 0. The van der Waals surface area contributed by atoms with Crippen molar-refractivity contribution in [3.63, 3.8) is 0 Å². The Kier molecular flexibility index (Phi) is 4.68. The predicted octanol–water partition coefficient (Wildman–Crippen LogP) is 2.80. The summed E-state index contributed by atoms with van der Waals surface area (Å²) in [7, 11) is -1.84. The number of nitrogens with one attached hydrogen (secondary N) is 2. The maximum atomic E-state index is 11.6. The molecule has 2 heterocycles. The van der Waals surface area contributed by atoms with Crippen molar-refractivity contribution in [1.29, 1.82) is 0 Å². The van der Waals surface area contributed by atoms with Crippen molar-refractivity contribution in [2.75, 3.05) is 23.4 Å². The number of nitrogens with zero attached hydrogens (tertiary/aromatic N) is 3. The molecular formula is C19H21N5O3S. The first-order valence-electron chi connectivity index (χ1n) is 8.83. The van der Waals surface area contributed by atoms with Gasteiger partial charge in [0.05, 0.1) is 25.4 Å². The van der Waals surface area contributed by atoms with Crippen LogP contribution in [0.4, 0.5) is 11.9 Å². The lowest BCUT2D eigenvalue weighted by molar-refractivity contribution is 0.411. The van der Waals surface area contributed by atoms with Crippen molar-refractivity contribution in [2.24, 2.45) is 0 Å². The van der Waals surface area contributed by atoms with Crippen molar-refractivity contribution < 1.29 is 13.2 Å². The Balaban J connectivity index is 1.74. The predicted molar refractivity (Wildman–Crippen MR) is 107 cm³/mol. The Hall–Kier alpha value is -3.07. The molecule has 0 amide bonds. The Morgan fingerprint density at radius 2 is 1.82 bits per heavy atom. The summed E-state index contributed by atoms with van der Waals surface area (Å²) < 4.78 is 32.5. The lowest BCUT2D eigenvalue weighted by Gasteiger charge is -2.31. The molecule has 146 valence electrons. The van der Waals surface area contributed by atoms with Crippen LogP contribution < -0.4 is 14.8 Å². The fourth-order valence-electron chi connectivity index (χ4n) is 3.39. The molecule has 1 aliphatic heterocycles. The van der Waals surface area contributed by atoms with Gasteiger partial charge in [-0.15, -0.1) is 5.10 Å². The van der Waals surface area contributed by atoms with Crippen molar-refractivity contribution >= 4 is 21.9 Å². The van der Waals surface area contributed by atoms with E-state index in [1.54, 1.807) is 11.8 Å². The van der Waals surface area contributed by atoms with Crippen LogP contribution in [0.1, 0.15) is 29.6 Å². The van der Waals surface area contributed by atoms with Crippen molar-refractivity contribution in [1.82, 2.24) is 14.8 Å². The molecule has 2 aromatic carbocycles. The first-order chi connectivity index (χ1) is 13.4. The largest absolute Gasteiger partial charge is 0.497 e. The van der Waals surface area contributed by atoms with Crippen LogP contribution in [0.2, 0.25) is 0 Å². The smallest absolute Gasteiger partial charge is 0.257 e. The van der Waals surface area contributed by atoms with E-state index in [1.807, 2.05) is 42.5 Å². The number of hydrogen-bond acceptors (Lipinski definition) is 6. The molecular weight excluding hydrogens is 378 g/mol. The number of rotatable bonds is 5. The quantitative estimate of drug-likeness (QED) is 0.685. The fraction of sp³-hybridized carbons (Fsp3) is 0.263. The summed E-state index contributed by atoms with van der Waals surface area (Å²) in [5.41, 5.74) is 2.17. The standard InChI is InChI=1S/C19H21N5O3S/c1-27-15-10-8-14(9-11-15)17-12-16(13-6-4-3-5-7-13)20-19-21-18(22-24(17)19)23-28(2,25)26/h3-11,16-17H,12H2,1-2H3,(H2,20,21,22,23)/t16-,17-/m0/s1. The molecule has 1 aromatic heterocycles. The van der Waals surface area contributed by atoms with E-state index >= 15 is 0 Å². The van der Waals surface area contributed by atoms with Crippen molar-refractivity contribution in [3.8, 4) is 5.75 Å². The lowest BCUT2D eigenvalue weighted by atomic mass is 9.93. The molecule has 4 rings (SSSR count). The van der Waals surface area contributed by atoms with Crippen LogP contribution in [-0.2, 0) is 10.0 Å². The van der Waals surface area contributed by atoms with Gasteiger partial charge >= 0.3 is 0 Å². The van der Waals surface area contributed by atoms with E-state index in [9.17, 15) is 8.42 Å². The molecule has 3 aromatic rings. The molecule has 1 aliphatic rings. The van der Waals surface area contributed by atoms with E-state index in [-0.39, 0.29) is 18.0 Å². The third-order valence-corrected chi connectivity index (χ3v) is 5.22. The van der Waals surface area contributed by atoms with Crippen LogP contribution in [0.3, 0.4) is 0 Å².